The van der Waals surface area contributed by atoms with Crippen molar-refractivity contribution in [2.24, 2.45) is 9.98 Å². The summed E-state index contributed by atoms with van der Waals surface area (Å²) in [5.41, 5.74) is 7.37. The van der Waals surface area contributed by atoms with Gasteiger partial charge >= 0.3 is 0 Å². The molecular formula is C44H42N4O7. The first-order chi connectivity index (χ1) is 26.8. The summed E-state index contributed by atoms with van der Waals surface area (Å²) >= 11 is 0. The Balaban J connectivity index is 0.851. The minimum atomic E-state index is -0.212. The molecule has 0 radical (unpaired) electrons. The first kappa shape index (κ1) is 35.7. The lowest BCUT2D eigenvalue weighted by atomic mass is 10.0. The number of ether oxygens (including phenoxy) is 4. The van der Waals surface area contributed by atoms with Crippen LogP contribution in [0.15, 0.2) is 95.2 Å². The van der Waals surface area contributed by atoms with Gasteiger partial charge in [0.15, 0.2) is 23.0 Å². The van der Waals surface area contributed by atoms with E-state index in [1.807, 2.05) is 30.7 Å². The van der Waals surface area contributed by atoms with Gasteiger partial charge in [-0.3, -0.25) is 19.6 Å². The van der Waals surface area contributed by atoms with Gasteiger partial charge in [-0.1, -0.05) is 42.0 Å². The molecule has 0 fully saturated rings. The van der Waals surface area contributed by atoms with E-state index < -0.39 is 0 Å². The molecule has 280 valence electrons. The molecule has 4 aliphatic heterocycles. The van der Waals surface area contributed by atoms with Gasteiger partial charge in [0.05, 0.1) is 62.0 Å². The second-order valence-electron chi connectivity index (χ2n) is 14.0. The number of carbonyl (C=O) groups is 2. The predicted octanol–water partition coefficient (Wildman–Crippen LogP) is 8.29. The third kappa shape index (κ3) is 7.17. The fourth-order valence-electron chi connectivity index (χ4n) is 7.33. The number of aromatic hydroxyl groups is 1. The molecule has 4 aromatic carbocycles. The normalized spacial score (nSPS) is 18.1. The Bertz CT molecular complexity index is 2100. The Morgan fingerprint density at radius 1 is 0.636 bits per heavy atom. The average molecular weight is 739 g/mol. The molecule has 0 bridgehead atoms. The average Bonchev–Trinajstić information content (AvgIpc) is 3.78. The van der Waals surface area contributed by atoms with E-state index >= 15 is 0 Å². The number of rotatable bonds is 12. The lowest BCUT2D eigenvalue weighted by molar-refractivity contribution is 0.0809. The zero-order chi connectivity index (χ0) is 38.1. The molecule has 2 atom stereocenters. The summed E-state index contributed by atoms with van der Waals surface area (Å²) in [5, 5.41) is 9.67. The number of nitrogens with zero attached hydrogens (tertiary/aromatic N) is 4. The molecule has 2 amide bonds. The van der Waals surface area contributed by atoms with E-state index in [4.69, 9.17) is 23.9 Å². The van der Waals surface area contributed by atoms with Crippen molar-refractivity contribution in [3.63, 3.8) is 0 Å². The molecule has 0 aromatic heterocycles. The Labute approximate surface area is 319 Å². The van der Waals surface area contributed by atoms with E-state index in [-0.39, 0.29) is 29.6 Å². The summed E-state index contributed by atoms with van der Waals surface area (Å²) in [6, 6.07) is 21.9. The van der Waals surface area contributed by atoms with Crippen LogP contribution in [-0.4, -0.2) is 78.7 Å². The van der Waals surface area contributed by atoms with Gasteiger partial charge in [0.2, 0.25) is 0 Å². The molecule has 8 rings (SSSR count). The van der Waals surface area contributed by atoms with Crippen LogP contribution in [-0.2, 0) is 0 Å². The van der Waals surface area contributed by atoms with Gasteiger partial charge in [-0.15, -0.1) is 0 Å². The lowest BCUT2D eigenvalue weighted by Crippen LogP contribution is -2.32. The van der Waals surface area contributed by atoms with E-state index in [9.17, 15) is 14.7 Å². The summed E-state index contributed by atoms with van der Waals surface area (Å²) in [6.45, 7) is 2.95. The monoisotopic (exact) mass is 738 g/mol. The Morgan fingerprint density at radius 3 is 1.55 bits per heavy atom. The maximum atomic E-state index is 13.7. The highest BCUT2D eigenvalue weighted by Crippen LogP contribution is 2.42. The van der Waals surface area contributed by atoms with Crippen molar-refractivity contribution in [3.05, 3.63) is 113 Å². The van der Waals surface area contributed by atoms with E-state index in [1.165, 1.54) is 5.56 Å². The third-order valence-electron chi connectivity index (χ3n) is 10.4. The van der Waals surface area contributed by atoms with Crippen molar-refractivity contribution >= 4 is 46.8 Å². The van der Waals surface area contributed by atoms with Crippen LogP contribution in [0.5, 0.6) is 28.7 Å². The van der Waals surface area contributed by atoms with Gasteiger partial charge < -0.3 is 33.9 Å². The molecule has 0 saturated heterocycles. The van der Waals surface area contributed by atoms with Crippen LogP contribution in [0.3, 0.4) is 0 Å². The summed E-state index contributed by atoms with van der Waals surface area (Å²) in [6.07, 6.45) is 11.1. The Morgan fingerprint density at radius 2 is 1.09 bits per heavy atom. The van der Waals surface area contributed by atoms with Crippen LogP contribution < -0.4 is 18.9 Å². The number of phenolic OH excluding ortho intramolecular Hbond substituents is 1. The third-order valence-corrected chi connectivity index (χ3v) is 10.4. The van der Waals surface area contributed by atoms with Crippen molar-refractivity contribution in [1.82, 2.24) is 9.80 Å². The molecular weight excluding hydrogens is 697 g/mol. The fraction of sp³-hybridized carbons (Fsp3) is 0.273. The van der Waals surface area contributed by atoms with Crippen LogP contribution in [0.4, 0.5) is 11.4 Å². The predicted molar refractivity (Wildman–Crippen MR) is 212 cm³/mol. The van der Waals surface area contributed by atoms with Crippen molar-refractivity contribution in [2.45, 2.75) is 51.1 Å². The molecule has 2 unspecified atom stereocenters. The van der Waals surface area contributed by atoms with Gasteiger partial charge in [-0.25, -0.2) is 0 Å². The Hall–Kier alpha value is -6.36. The number of aryl methyl sites for hydroxylation is 1. The summed E-state index contributed by atoms with van der Waals surface area (Å²) < 4.78 is 23.5. The lowest BCUT2D eigenvalue weighted by Gasteiger charge is -2.19. The minimum Gasteiger partial charge on any atom is -0.508 e. The van der Waals surface area contributed by atoms with E-state index in [2.05, 4.69) is 36.2 Å². The summed E-state index contributed by atoms with van der Waals surface area (Å²) in [4.78, 5) is 40.2. The van der Waals surface area contributed by atoms with Crippen LogP contribution in [0, 0.1) is 6.92 Å². The van der Waals surface area contributed by atoms with Gasteiger partial charge in [0.25, 0.3) is 11.8 Å². The van der Waals surface area contributed by atoms with Gasteiger partial charge in [-0.2, -0.15) is 0 Å². The standard InChI is InChI=1S/C44H42N4O7/c1-27-7-9-28(10-8-27)30-17-32-23-45-37-21-41(39(52-2)19-35(37)43(50)47(32)25-30)54-15-5-4-6-16-55-42-22-38-36(20-40(42)53-3)44(51)48-26-31(18-33(48)24-46-38)29-11-13-34(49)14-12-29/h7-14,19-26,32-33,49H,4-6,15-18H2,1-3H3. The zero-order valence-electron chi connectivity index (χ0n) is 31.0. The number of unbranched alkanes of at least 4 members (excludes halogenated alkanes) is 2. The summed E-state index contributed by atoms with van der Waals surface area (Å²) in [7, 11) is 3.12. The fourth-order valence-corrected chi connectivity index (χ4v) is 7.33. The van der Waals surface area contributed by atoms with Gasteiger partial charge in [0, 0.05) is 49.8 Å². The zero-order valence-corrected chi connectivity index (χ0v) is 31.0. The van der Waals surface area contributed by atoms with Crippen molar-refractivity contribution in [2.75, 3.05) is 27.4 Å². The second kappa shape index (κ2) is 15.2. The van der Waals surface area contributed by atoms with Crippen molar-refractivity contribution in [1.29, 1.82) is 0 Å². The number of phenols is 1. The second-order valence-corrected chi connectivity index (χ2v) is 14.0. The highest BCUT2D eigenvalue weighted by molar-refractivity contribution is 6.06. The van der Waals surface area contributed by atoms with Crippen LogP contribution >= 0.6 is 0 Å². The van der Waals surface area contributed by atoms with Gasteiger partial charge in [0.1, 0.15) is 5.75 Å². The maximum Gasteiger partial charge on any atom is 0.260 e. The molecule has 11 nitrogen and oxygen atoms in total. The first-order valence-corrected chi connectivity index (χ1v) is 18.5. The SMILES string of the molecule is COc1cc2c(cc1OCCCCCOc1cc3c(cc1OC)C(=O)N1C=C(c4ccc(O)cc4)CC1C=N3)N=CC1CC(c3ccc(C)cc3)=CN1C2=O. The number of benzene rings is 4. The molecule has 0 saturated carbocycles. The number of carbonyl (C=O) groups excluding carboxylic acids is 2. The van der Waals surface area contributed by atoms with E-state index in [1.54, 1.807) is 66.6 Å². The smallest absolute Gasteiger partial charge is 0.260 e. The number of fused-ring (bicyclic) bond motifs is 4. The number of aliphatic imine (C=N–C) groups is 2. The quantitative estimate of drug-likeness (QED) is 0.145. The van der Waals surface area contributed by atoms with Crippen LogP contribution in [0.25, 0.3) is 11.1 Å². The minimum absolute atomic E-state index is 0.118. The largest absolute Gasteiger partial charge is 0.508 e. The molecule has 11 heteroatoms. The first-order valence-electron chi connectivity index (χ1n) is 18.5. The molecule has 4 aliphatic rings. The van der Waals surface area contributed by atoms with Gasteiger partial charge in [-0.05, 0) is 72.7 Å². The number of hydrogen-bond acceptors (Lipinski definition) is 9. The van der Waals surface area contributed by atoms with E-state index in [0.717, 1.165) is 41.5 Å². The van der Waals surface area contributed by atoms with Crippen LogP contribution in [0.1, 0.15) is 69.5 Å². The van der Waals surface area contributed by atoms with Crippen LogP contribution in [0.2, 0.25) is 0 Å². The Kier molecular flexibility index (Phi) is 9.84. The topological polar surface area (TPSA) is 122 Å². The highest BCUT2D eigenvalue weighted by atomic mass is 16.5. The van der Waals surface area contributed by atoms with Crippen molar-refractivity contribution < 1.29 is 33.6 Å². The van der Waals surface area contributed by atoms with E-state index in [0.29, 0.717) is 71.6 Å². The van der Waals surface area contributed by atoms with Crippen molar-refractivity contribution in [3.8, 4) is 28.7 Å². The molecule has 0 aliphatic carbocycles. The summed E-state index contributed by atoms with van der Waals surface area (Å²) in [5.74, 6) is 1.93. The molecule has 55 heavy (non-hydrogen) atoms. The maximum absolute atomic E-state index is 13.7. The number of amides is 2. The molecule has 0 spiro atoms. The number of methoxy groups -OCH3 is 2. The number of hydrogen-bond donors (Lipinski definition) is 1. The highest BCUT2D eigenvalue weighted by Gasteiger charge is 2.35. The molecule has 4 aromatic rings. The molecule has 1 N–H and O–H groups in total. The molecule has 4 heterocycles.